The van der Waals surface area contributed by atoms with E-state index in [1.165, 1.54) is 47.9 Å². The third-order valence-corrected chi connectivity index (χ3v) is 9.74. The highest BCUT2D eigenvalue weighted by Crippen LogP contribution is 2.31. The van der Waals surface area contributed by atoms with Crippen molar-refractivity contribution in [3.8, 4) is 0 Å². The predicted molar refractivity (Wildman–Crippen MR) is 146 cm³/mol. The van der Waals surface area contributed by atoms with Crippen molar-refractivity contribution in [2.45, 2.75) is 49.5 Å². The maximum absolute atomic E-state index is 13.3. The van der Waals surface area contributed by atoms with Crippen molar-refractivity contribution < 1.29 is 22.8 Å². The molecule has 1 aromatic carbocycles. The lowest BCUT2D eigenvalue weighted by Gasteiger charge is -2.39. The third kappa shape index (κ3) is 6.63. The van der Waals surface area contributed by atoms with E-state index in [9.17, 15) is 22.8 Å². The molecule has 1 aliphatic heterocycles. The minimum atomic E-state index is -4.04. The van der Waals surface area contributed by atoms with E-state index in [0.29, 0.717) is 17.5 Å². The van der Waals surface area contributed by atoms with Crippen molar-refractivity contribution in [3.63, 3.8) is 0 Å². The minimum Gasteiger partial charge on any atom is -0.341 e. The molecule has 0 bridgehead atoms. The van der Waals surface area contributed by atoms with Crippen LogP contribution in [0, 0.1) is 5.92 Å². The molecule has 0 radical (unpaired) electrons. The molecule has 1 unspecified atom stereocenters. The van der Waals surface area contributed by atoms with E-state index in [-0.39, 0.29) is 41.1 Å². The van der Waals surface area contributed by atoms with Gasteiger partial charge in [-0.05, 0) is 30.5 Å². The second-order valence-corrected chi connectivity index (χ2v) is 12.6. The van der Waals surface area contributed by atoms with Crippen LogP contribution in [-0.4, -0.2) is 73.2 Å². The molecule has 2 aromatic rings. The Morgan fingerprint density at radius 3 is 2.58 bits per heavy atom. The molecule has 1 aliphatic carbocycles. The van der Waals surface area contributed by atoms with Gasteiger partial charge in [0.2, 0.25) is 21.8 Å². The van der Waals surface area contributed by atoms with Crippen LogP contribution in [-0.2, 0) is 19.6 Å². The Kier molecular flexibility index (Phi) is 9.23. The molecule has 1 aromatic heterocycles. The molecule has 14 heteroatoms. The van der Waals surface area contributed by atoms with Crippen molar-refractivity contribution in [1.29, 1.82) is 0 Å². The third-order valence-electron chi connectivity index (χ3n) is 6.90. The molecule has 38 heavy (non-hydrogen) atoms. The molecule has 3 N–H and O–H groups in total. The van der Waals surface area contributed by atoms with Crippen molar-refractivity contribution in [3.05, 3.63) is 34.8 Å². The van der Waals surface area contributed by atoms with Crippen molar-refractivity contribution in [1.82, 2.24) is 19.5 Å². The molecule has 1 saturated carbocycles. The van der Waals surface area contributed by atoms with Crippen LogP contribution < -0.4 is 16.0 Å². The molecule has 2 fully saturated rings. The summed E-state index contributed by atoms with van der Waals surface area (Å²) in [5.74, 6) is -0.408. The number of halogens is 1. The van der Waals surface area contributed by atoms with Gasteiger partial charge in [-0.25, -0.2) is 18.2 Å². The summed E-state index contributed by atoms with van der Waals surface area (Å²) in [7, 11) is -2.60. The van der Waals surface area contributed by atoms with Crippen molar-refractivity contribution in [2.75, 3.05) is 37.3 Å². The molecule has 206 valence electrons. The van der Waals surface area contributed by atoms with Gasteiger partial charge in [-0.15, -0.1) is 11.3 Å². The number of benzene rings is 1. The first kappa shape index (κ1) is 28.3. The van der Waals surface area contributed by atoms with Gasteiger partial charge >= 0.3 is 6.03 Å². The molecule has 0 spiro atoms. The number of amides is 4. The Labute approximate surface area is 231 Å². The summed E-state index contributed by atoms with van der Waals surface area (Å²) < 4.78 is 27.7. The molecular formula is C24H31ClN6O5S2. The number of carbonyl (C=O) groups excluding carboxylic acids is 3. The molecule has 1 atom stereocenters. The van der Waals surface area contributed by atoms with E-state index in [2.05, 4.69) is 20.9 Å². The lowest BCUT2D eigenvalue weighted by Crippen LogP contribution is -2.58. The summed E-state index contributed by atoms with van der Waals surface area (Å²) in [6.07, 6.45) is 7.53. The van der Waals surface area contributed by atoms with Crippen LogP contribution in [0.2, 0.25) is 5.02 Å². The largest absolute Gasteiger partial charge is 0.341 e. The van der Waals surface area contributed by atoms with Crippen LogP contribution in [0.5, 0.6) is 0 Å². The van der Waals surface area contributed by atoms with Crippen LogP contribution in [0.15, 0.2) is 34.7 Å². The first-order valence-electron chi connectivity index (χ1n) is 12.5. The molecule has 2 aliphatic rings. The summed E-state index contributed by atoms with van der Waals surface area (Å²) >= 11 is 7.50. The van der Waals surface area contributed by atoms with Crippen LogP contribution in [0.4, 0.5) is 15.6 Å². The summed E-state index contributed by atoms with van der Waals surface area (Å²) in [6.45, 7) is -0.260. The summed E-state index contributed by atoms with van der Waals surface area (Å²) in [5.41, 5.74) is 0.252. The maximum atomic E-state index is 13.3. The quantitative estimate of drug-likeness (QED) is 0.436. The van der Waals surface area contributed by atoms with Gasteiger partial charge in [0.1, 0.15) is 6.04 Å². The van der Waals surface area contributed by atoms with Gasteiger partial charge in [0.15, 0.2) is 5.13 Å². The zero-order valence-corrected chi connectivity index (χ0v) is 23.4. The summed E-state index contributed by atoms with van der Waals surface area (Å²) in [5, 5.41) is 9.99. The topological polar surface area (TPSA) is 141 Å². The molecule has 11 nitrogen and oxygen atoms in total. The fourth-order valence-corrected chi connectivity index (χ4v) is 7.11. The number of rotatable bonds is 8. The molecule has 2 heterocycles. The first-order valence-corrected chi connectivity index (χ1v) is 15.2. The van der Waals surface area contributed by atoms with E-state index < -0.39 is 28.0 Å². The molecular weight excluding hydrogens is 552 g/mol. The fourth-order valence-electron chi connectivity index (χ4n) is 4.88. The van der Waals surface area contributed by atoms with E-state index in [1.807, 2.05) is 0 Å². The number of aromatic nitrogens is 1. The Balaban J connectivity index is 1.48. The second kappa shape index (κ2) is 12.4. The number of anilines is 2. The van der Waals surface area contributed by atoms with Crippen molar-refractivity contribution >= 4 is 61.6 Å². The molecule has 4 rings (SSSR count). The standard InChI is InChI=1S/C24H31ClN6O5S2/c1-26-23(34)28-19-8-7-17(14-18(19)25)38(35,36)30-10-11-31(21(32)15-30)20(13-16-5-3-2-4-6-16)22(33)29-24-27-9-12-37-24/h7-9,12,14,16,20H,2-6,10-11,13,15H2,1H3,(H2,26,28,34)(H,27,29,33). The number of nitrogens with one attached hydrogen (secondary N) is 3. The average molecular weight is 583 g/mol. The highest BCUT2D eigenvalue weighted by Gasteiger charge is 2.39. The fraction of sp³-hybridized carbons (Fsp3) is 0.500. The van der Waals surface area contributed by atoms with E-state index in [4.69, 9.17) is 11.6 Å². The summed E-state index contributed by atoms with van der Waals surface area (Å²) in [4.78, 5) is 43.7. The second-order valence-electron chi connectivity index (χ2n) is 9.35. The highest BCUT2D eigenvalue weighted by molar-refractivity contribution is 7.89. The van der Waals surface area contributed by atoms with Gasteiger partial charge in [-0.2, -0.15) is 4.31 Å². The van der Waals surface area contributed by atoms with Crippen molar-refractivity contribution in [2.24, 2.45) is 5.92 Å². The number of carbonyl (C=O) groups is 3. The van der Waals surface area contributed by atoms with Gasteiger partial charge in [-0.1, -0.05) is 43.7 Å². The Morgan fingerprint density at radius 1 is 1.18 bits per heavy atom. The minimum absolute atomic E-state index is 0.0373. The number of hydrogen-bond donors (Lipinski definition) is 3. The van der Waals surface area contributed by atoms with E-state index in [0.717, 1.165) is 30.0 Å². The van der Waals surface area contributed by atoms with Gasteiger partial charge in [0.25, 0.3) is 0 Å². The predicted octanol–water partition coefficient (Wildman–Crippen LogP) is 3.36. The monoisotopic (exact) mass is 582 g/mol. The normalized spacial score (nSPS) is 18.2. The SMILES string of the molecule is CNC(=O)Nc1ccc(S(=O)(=O)N2CCN(C(CC3CCCCC3)C(=O)Nc3nccs3)C(=O)C2)cc1Cl. The lowest BCUT2D eigenvalue weighted by atomic mass is 9.84. The maximum Gasteiger partial charge on any atom is 0.319 e. The molecule has 4 amide bonds. The number of sulfonamides is 1. The highest BCUT2D eigenvalue weighted by atomic mass is 35.5. The number of nitrogens with zero attached hydrogens (tertiary/aromatic N) is 3. The first-order chi connectivity index (χ1) is 18.2. The van der Waals surface area contributed by atoms with Gasteiger partial charge in [0.05, 0.1) is 22.2 Å². The Bertz CT molecular complexity index is 1270. The molecule has 1 saturated heterocycles. The number of urea groups is 1. The van der Waals surface area contributed by atoms with Gasteiger partial charge < -0.3 is 20.9 Å². The Morgan fingerprint density at radius 2 is 1.95 bits per heavy atom. The van der Waals surface area contributed by atoms with Crippen LogP contribution in [0.25, 0.3) is 0 Å². The van der Waals surface area contributed by atoms with E-state index in [1.54, 1.807) is 11.6 Å². The van der Waals surface area contributed by atoms with Gasteiger partial charge in [-0.3, -0.25) is 9.59 Å². The van der Waals surface area contributed by atoms with Crippen LogP contribution in [0.3, 0.4) is 0 Å². The zero-order chi connectivity index (χ0) is 27.3. The smallest absolute Gasteiger partial charge is 0.319 e. The zero-order valence-electron chi connectivity index (χ0n) is 21.0. The van der Waals surface area contributed by atoms with Crippen LogP contribution >= 0.6 is 22.9 Å². The average Bonchev–Trinajstić information content (AvgIpc) is 3.42. The van der Waals surface area contributed by atoms with Gasteiger partial charge in [0, 0.05) is 31.7 Å². The number of hydrogen-bond acceptors (Lipinski definition) is 7. The van der Waals surface area contributed by atoms with E-state index >= 15 is 0 Å². The Hall–Kier alpha value is -2.74. The number of piperazine rings is 1. The number of thiazole rings is 1. The lowest BCUT2D eigenvalue weighted by molar-refractivity contribution is -0.142. The van der Waals surface area contributed by atoms with Crippen LogP contribution in [0.1, 0.15) is 38.5 Å². The summed E-state index contributed by atoms with van der Waals surface area (Å²) in [6, 6.07) is 2.77.